The van der Waals surface area contributed by atoms with E-state index in [-0.39, 0.29) is 11.9 Å². The van der Waals surface area contributed by atoms with Crippen molar-refractivity contribution in [2.75, 3.05) is 36.0 Å². The Hall–Kier alpha value is -2.86. The minimum absolute atomic E-state index is 0.120. The van der Waals surface area contributed by atoms with Crippen LogP contribution in [0.15, 0.2) is 48.5 Å². The number of rotatable bonds is 4. The number of benzene rings is 2. The van der Waals surface area contributed by atoms with Crippen molar-refractivity contribution in [3.8, 4) is 0 Å². The normalized spacial score (nSPS) is 17.3. The molecule has 1 aliphatic heterocycles. The molecule has 5 rings (SSSR count). The average Bonchev–Trinajstić information content (AvgIpc) is 3.32. The fraction of sp³-hybridized carbons (Fsp3) is 0.375. The van der Waals surface area contributed by atoms with Crippen LogP contribution in [0.3, 0.4) is 0 Å². The molecule has 0 bridgehead atoms. The van der Waals surface area contributed by atoms with E-state index in [1.165, 1.54) is 12.8 Å². The van der Waals surface area contributed by atoms with Crippen molar-refractivity contribution in [1.29, 1.82) is 0 Å². The second-order valence-corrected chi connectivity index (χ2v) is 8.71. The smallest absolute Gasteiger partial charge is 0.272 e. The molecule has 0 unspecified atom stereocenters. The van der Waals surface area contributed by atoms with Crippen molar-refractivity contribution >= 4 is 39.8 Å². The number of halogens is 1. The fourth-order valence-electron chi connectivity index (χ4n) is 4.68. The van der Waals surface area contributed by atoms with Crippen LogP contribution in [0.1, 0.15) is 36.2 Å². The lowest BCUT2D eigenvalue weighted by Crippen LogP contribution is -2.47. The van der Waals surface area contributed by atoms with Crippen molar-refractivity contribution < 1.29 is 4.79 Å². The highest BCUT2D eigenvalue weighted by Crippen LogP contribution is 2.30. The molecule has 31 heavy (non-hydrogen) atoms. The van der Waals surface area contributed by atoms with Gasteiger partial charge in [-0.05, 0) is 25.0 Å². The first kappa shape index (κ1) is 20.1. The number of nitrogens with zero attached hydrogens (tertiary/aromatic N) is 4. The maximum atomic E-state index is 12.9. The molecule has 1 aliphatic carbocycles. The van der Waals surface area contributed by atoms with Gasteiger partial charge in [-0.1, -0.05) is 60.8 Å². The van der Waals surface area contributed by atoms with Gasteiger partial charge in [0.2, 0.25) is 0 Å². The highest BCUT2D eigenvalue weighted by molar-refractivity contribution is 6.33. The van der Waals surface area contributed by atoms with Gasteiger partial charge >= 0.3 is 0 Å². The molecular weight excluding hydrogens is 410 g/mol. The number of aromatic nitrogens is 2. The monoisotopic (exact) mass is 435 g/mol. The summed E-state index contributed by atoms with van der Waals surface area (Å²) in [4.78, 5) is 17.4. The Morgan fingerprint density at radius 3 is 2.26 bits per heavy atom. The maximum Gasteiger partial charge on any atom is 0.272 e. The van der Waals surface area contributed by atoms with Gasteiger partial charge in [0.15, 0.2) is 11.5 Å². The third-order valence-electron chi connectivity index (χ3n) is 6.35. The van der Waals surface area contributed by atoms with Crippen LogP contribution in [0.4, 0.5) is 11.5 Å². The Morgan fingerprint density at radius 2 is 1.52 bits per heavy atom. The number of carbonyl (C=O) groups is 1. The van der Waals surface area contributed by atoms with Crippen molar-refractivity contribution in [2.45, 2.75) is 31.7 Å². The Kier molecular flexibility index (Phi) is 5.64. The van der Waals surface area contributed by atoms with Crippen LogP contribution in [0.5, 0.6) is 0 Å². The standard InChI is InChI=1S/C24H26ClN5O/c25-20-11-5-6-12-21(20)29-13-15-30(16-14-29)23-19-10-4-3-9-18(19)22(27-28-23)24(31)26-17-7-1-2-8-17/h3-6,9-12,17H,1-2,7-8,13-16H2,(H,26,31). The first-order valence-electron chi connectivity index (χ1n) is 11.0. The lowest BCUT2D eigenvalue weighted by Gasteiger charge is -2.37. The maximum absolute atomic E-state index is 12.9. The number of hydrogen-bond acceptors (Lipinski definition) is 5. The van der Waals surface area contributed by atoms with Gasteiger partial charge in [0.25, 0.3) is 5.91 Å². The number of nitrogens with one attached hydrogen (secondary N) is 1. The van der Waals surface area contributed by atoms with Gasteiger partial charge < -0.3 is 15.1 Å². The summed E-state index contributed by atoms with van der Waals surface area (Å²) in [6, 6.07) is 16.2. The highest BCUT2D eigenvalue weighted by atomic mass is 35.5. The van der Waals surface area contributed by atoms with E-state index < -0.39 is 0 Å². The van der Waals surface area contributed by atoms with E-state index in [4.69, 9.17) is 11.6 Å². The molecule has 0 atom stereocenters. The molecule has 1 N–H and O–H groups in total. The summed E-state index contributed by atoms with van der Waals surface area (Å²) >= 11 is 6.38. The third kappa shape index (κ3) is 4.04. The summed E-state index contributed by atoms with van der Waals surface area (Å²) in [7, 11) is 0. The lowest BCUT2D eigenvalue weighted by molar-refractivity contribution is 0.0933. The van der Waals surface area contributed by atoms with E-state index in [1.807, 2.05) is 42.5 Å². The molecule has 2 aromatic carbocycles. The molecule has 1 saturated carbocycles. The van der Waals surface area contributed by atoms with Crippen molar-refractivity contribution in [1.82, 2.24) is 15.5 Å². The van der Waals surface area contributed by atoms with Crippen LogP contribution >= 0.6 is 11.6 Å². The molecular formula is C24H26ClN5O. The van der Waals surface area contributed by atoms with E-state index in [9.17, 15) is 4.79 Å². The van der Waals surface area contributed by atoms with Gasteiger partial charge in [0.1, 0.15) is 0 Å². The number of hydrogen-bond donors (Lipinski definition) is 1. The number of anilines is 2. The quantitative estimate of drug-likeness (QED) is 0.662. The molecule has 1 aromatic heterocycles. The summed E-state index contributed by atoms with van der Waals surface area (Å²) in [6.45, 7) is 3.34. The van der Waals surface area contributed by atoms with Crippen LogP contribution in [0.25, 0.3) is 10.8 Å². The number of carbonyl (C=O) groups excluding carboxylic acids is 1. The highest BCUT2D eigenvalue weighted by Gasteiger charge is 2.25. The lowest BCUT2D eigenvalue weighted by atomic mass is 10.1. The Morgan fingerprint density at radius 1 is 0.871 bits per heavy atom. The number of piperazine rings is 1. The van der Waals surface area contributed by atoms with E-state index in [2.05, 4.69) is 31.4 Å². The molecule has 7 heteroatoms. The van der Waals surface area contributed by atoms with Crippen molar-refractivity contribution in [3.63, 3.8) is 0 Å². The van der Waals surface area contributed by atoms with Crippen molar-refractivity contribution in [3.05, 3.63) is 59.2 Å². The SMILES string of the molecule is O=C(NC1CCCC1)c1nnc(N2CCN(c3ccccc3Cl)CC2)c2ccccc12. The average molecular weight is 436 g/mol. The second-order valence-electron chi connectivity index (χ2n) is 8.30. The van der Waals surface area contributed by atoms with Crippen LogP contribution in [0.2, 0.25) is 5.02 Å². The predicted molar refractivity (Wildman–Crippen MR) is 125 cm³/mol. The van der Waals surface area contributed by atoms with E-state index in [0.717, 1.165) is 66.3 Å². The van der Waals surface area contributed by atoms with Crippen LogP contribution in [0, 0.1) is 0 Å². The predicted octanol–water partition coefficient (Wildman–Crippen LogP) is 4.28. The molecule has 3 aromatic rings. The van der Waals surface area contributed by atoms with Gasteiger partial charge in [-0.25, -0.2) is 0 Å². The largest absolute Gasteiger partial charge is 0.367 e. The van der Waals surface area contributed by atoms with Crippen LogP contribution in [-0.4, -0.2) is 48.3 Å². The molecule has 2 fully saturated rings. The third-order valence-corrected chi connectivity index (χ3v) is 6.67. The van der Waals surface area contributed by atoms with Gasteiger partial charge in [-0.2, -0.15) is 0 Å². The van der Waals surface area contributed by atoms with Gasteiger partial charge in [0.05, 0.1) is 10.7 Å². The topological polar surface area (TPSA) is 61.4 Å². The summed E-state index contributed by atoms with van der Waals surface area (Å²) in [6.07, 6.45) is 4.45. The Balaban J connectivity index is 1.37. The van der Waals surface area contributed by atoms with E-state index >= 15 is 0 Å². The zero-order valence-corrected chi connectivity index (χ0v) is 18.2. The summed E-state index contributed by atoms with van der Waals surface area (Å²) < 4.78 is 0. The molecule has 1 saturated heterocycles. The molecule has 2 aliphatic rings. The van der Waals surface area contributed by atoms with Gasteiger partial charge in [0, 0.05) is 43.0 Å². The fourth-order valence-corrected chi connectivity index (χ4v) is 4.94. The van der Waals surface area contributed by atoms with Crippen molar-refractivity contribution in [2.24, 2.45) is 0 Å². The first-order chi connectivity index (χ1) is 15.2. The second kappa shape index (κ2) is 8.71. The first-order valence-corrected chi connectivity index (χ1v) is 11.4. The minimum atomic E-state index is -0.120. The number of para-hydroxylation sites is 1. The summed E-state index contributed by atoms with van der Waals surface area (Å²) in [5.74, 6) is 0.720. The zero-order chi connectivity index (χ0) is 21.2. The Labute approximate surface area is 187 Å². The van der Waals surface area contributed by atoms with E-state index in [1.54, 1.807) is 0 Å². The van der Waals surface area contributed by atoms with Crippen LogP contribution < -0.4 is 15.1 Å². The summed E-state index contributed by atoms with van der Waals surface area (Å²) in [5.41, 5.74) is 1.49. The molecule has 160 valence electrons. The van der Waals surface area contributed by atoms with E-state index in [0.29, 0.717) is 5.69 Å². The Bertz CT molecular complexity index is 1090. The molecule has 1 amide bonds. The van der Waals surface area contributed by atoms with Gasteiger partial charge in [-0.15, -0.1) is 10.2 Å². The minimum Gasteiger partial charge on any atom is -0.367 e. The number of amides is 1. The zero-order valence-electron chi connectivity index (χ0n) is 17.4. The van der Waals surface area contributed by atoms with Crippen LogP contribution in [-0.2, 0) is 0 Å². The molecule has 2 heterocycles. The molecule has 6 nitrogen and oxygen atoms in total. The van der Waals surface area contributed by atoms with Gasteiger partial charge in [-0.3, -0.25) is 4.79 Å². The number of fused-ring (bicyclic) bond motifs is 1. The molecule has 0 radical (unpaired) electrons. The summed E-state index contributed by atoms with van der Waals surface area (Å²) in [5, 5.41) is 14.6. The molecule has 0 spiro atoms.